The summed E-state index contributed by atoms with van der Waals surface area (Å²) < 4.78 is 0. The molecule has 0 aliphatic carbocycles. The van der Waals surface area contributed by atoms with Crippen molar-refractivity contribution >= 4 is 11.8 Å². The predicted octanol–water partition coefficient (Wildman–Crippen LogP) is 2.91. The van der Waals surface area contributed by atoms with Gasteiger partial charge >= 0.3 is 0 Å². The molecule has 0 aromatic rings. The molecule has 2 atom stereocenters. The summed E-state index contributed by atoms with van der Waals surface area (Å²) in [6.45, 7) is 7.12. The Bertz CT molecular complexity index is 119. The Morgan fingerprint density at radius 1 is 1.46 bits per heavy atom. The summed E-state index contributed by atoms with van der Waals surface area (Å²) in [6.07, 6.45) is 5.55. The minimum atomic E-state index is 0.886. The zero-order valence-electron chi connectivity index (χ0n) is 9.01. The van der Waals surface area contributed by atoms with Gasteiger partial charge in [0.15, 0.2) is 0 Å². The van der Waals surface area contributed by atoms with Crippen molar-refractivity contribution in [3.8, 4) is 0 Å². The van der Waals surface area contributed by atoms with Gasteiger partial charge in [-0.3, -0.25) is 0 Å². The number of hydrogen-bond donors (Lipinski definition) is 1. The standard InChI is InChI=1S/C11H23NS/c1-3-10(2)9-13-11-6-4-5-7-12-8-11/h10-12H,3-9H2,1-2H3. The van der Waals surface area contributed by atoms with Crippen LogP contribution in [0.3, 0.4) is 0 Å². The summed E-state index contributed by atoms with van der Waals surface area (Å²) in [6, 6.07) is 0. The number of thioether (sulfide) groups is 1. The molecule has 1 heterocycles. The molecule has 0 amide bonds. The molecule has 1 saturated heterocycles. The van der Waals surface area contributed by atoms with Gasteiger partial charge in [0, 0.05) is 11.8 Å². The third-order valence-corrected chi connectivity index (χ3v) is 4.45. The van der Waals surface area contributed by atoms with Crippen molar-refractivity contribution in [1.29, 1.82) is 0 Å². The first-order valence-electron chi connectivity index (χ1n) is 5.65. The van der Waals surface area contributed by atoms with Crippen LogP contribution in [-0.4, -0.2) is 24.1 Å². The van der Waals surface area contributed by atoms with Crippen LogP contribution in [0, 0.1) is 5.92 Å². The van der Waals surface area contributed by atoms with Gasteiger partial charge in [0.25, 0.3) is 0 Å². The van der Waals surface area contributed by atoms with Crippen molar-refractivity contribution in [3.05, 3.63) is 0 Å². The second-order valence-corrected chi connectivity index (χ2v) is 5.50. The molecule has 0 bridgehead atoms. The summed E-state index contributed by atoms with van der Waals surface area (Å²) in [5.41, 5.74) is 0. The highest BCUT2D eigenvalue weighted by Crippen LogP contribution is 2.22. The first-order valence-corrected chi connectivity index (χ1v) is 6.70. The highest BCUT2D eigenvalue weighted by atomic mass is 32.2. The number of hydrogen-bond acceptors (Lipinski definition) is 2. The number of nitrogens with one attached hydrogen (secondary N) is 1. The van der Waals surface area contributed by atoms with E-state index in [1.165, 1.54) is 44.5 Å². The lowest BCUT2D eigenvalue weighted by atomic mass is 10.2. The Kier molecular flexibility index (Phi) is 5.88. The molecule has 78 valence electrons. The average molecular weight is 201 g/mol. The molecule has 1 aliphatic rings. The lowest BCUT2D eigenvalue weighted by molar-refractivity contribution is 0.632. The Morgan fingerprint density at radius 3 is 3.08 bits per heavy atom. The summed E-state index contributed by atoms with van der Waals surface area (Å²) in [7, 11) is 0. The van der Waals surface area contributed by atoms with Crippen molar-refractivity contribution < 1.29 is 0 Å². The van der Waals surface area contributed by atoms with E-state index in [9.17, 15) is 0 Å². The van der Waals surface area contributed by atoms with E-state index in [1.807, 2.05) is 0 Å². The maximum atomic E-state index is 3.52. The van der Waals surface area contributed by atoms with Gasteiger partial charge in [0.2, 0.25) is 0 Å². The van der Waals surface area contributed by atoms with Crippen molar-refractivity contribution in [2.45, 2.75) is 44.8 Å². The smallest absolute Gasteiger partial charge is 0.0172 e. The van der Waals surface area contributed by atoms with Crippen LogP contribution in [0.15, 0.2) is 0 Å². The summed E-state index contributed by atoms with van der Waals surface area (Å²) in [5.74, 6) is 2.25. The van der Waals surface area contributed by atoms with Gasteiger partial charge in [-0.25, -0.2) is 0 Å². The van der Waals surface area contributed by atoms with E-state index < -0.39 is 0 Å². The van der Waals surface area contributed by atoms with Crippen molar-refractivity contribution in [1.82, 2.24) is 5.32 Å². The summed E-state index contributed by atoms with van der Waals surface area (Å²) in [5, 5.41) is 4.40. The topological polar surface area (TPSA) is 12.0 Å². The molecule has 1 rings (SSSR count). The van der Waals surface area contributed by atoms with Crippen LogP contribution in [0.1, 0.15) is 39.5 Å². The zero-order valence-corrected chi connectivity index (χ0v) is 9.83. The molecule has 0 aromatic carbocycles. The van der Waals surface area contributed by atoms with E-state index >= 15 is 0 Å². The zero-order chi connectivity index (χ0) is 9.52. The molecular formula is C11H23NS. The Hall–Kier alpha value is 0.310. The fourth-order valence-corrected chi connectivity index (χ4v) is 2.95. The van der Waals surface area contributed by atoms with Crippen LogP contribution in [0.2, 0.25) is 0 Å². The lowest BCUT2D eigenvalue weighted by Crippen LogP contribution is -2.23. The maximum Gasteiger partial charge on any atom is 0.0172 e. The van der Waals surface area contributed by atoms with E-state index in [0.29, 0.717) is 0 Å². The molecule has 1 fully saturated rings. The molecule has 2 unspecified atom stereocenters. The Labute approximate surface area is 87.1 Å². The van der Waals surface area contributed by atoms with Gasteiger partial charge in [0.05, 0.1) is 0 Å². The predicted molar refractivity (Wildman–Crippen MR) is 62.4 cm³/mol. The SMILES string of the molecule is CCC(C)CSC1CCCCNC1. The molecule has 0 radical (unpaired) electrons. The quantitative estimate of drug-likeness (QED) is 0.750. The second kappa shape index (κ2) is 6.72. The van der Waals surface area contributed by atoms with Crippen LogP contribution < -0.4 is 5.32 Å². The van der Waals surface area contributed by atoms with Crippen molar-refractivity contribution in [3.63, 3.8) is 0 Å². The molecule has 0 spiro atoms. The fraction of sp³-hybridized carbons (Fsp3) is 1.00. The van der Waals surface area contributed by atoms with Gasteiger partial charge in [-0.15, -0.1) is 0 Å². The van der Waals surface area contributed by atoms with Crippen LogP contribution >= 0.6 is 11.8 Å². The minimum Gasteiger partial charge on any atom is -0.316 e. The lowest BCUT2D eigenvalue weighted by Gasteiger charge is -2.16. The molecule has 0 saturated carbocycles. The Morgan fingerprint density at radius 2 is 2.31 bits per heavy atom. The third kappa shape index (κ3) is 4.92. The fourth-order valence-electron chi connectivity index (χ4n) is 1.55. The molecule has 2 heteroatoms. The van der Waals surface area contributed by atoms with Gasteiger partial charge in [-0.1, -0.05) is 26.7 Å². The molecule has 13 heavy (non-hydrogen) atoms. The normalized spacial score (nSPS) is 26.8. The molecular weight excluding hydrogens is 178 g/mol. The van der Waals surface area contributed by atoms with Crippen LogP contribution in [0.25, 0.3) is 0 Å². The van der Waals surface area contributed by atoms with Gasteiger partial charge in [-0.05, 0) is 31.1 Å². The van der Waals surface area contributed by atoms with Crippen molar-refractivity contribution in [2.24, 2.45) is 5.92 Å². The van der Waals surface area contributed by atoms with Crippen LogP contribution in [0.5, 0.6) is 0 Å². The largest absolute Gasteiger partial charge is 0.316 e. The summed E-state index contributed by atoms with van der Waals surface area (Å²) in [4.78, 5) is 0. The van der Waals surface area contributed by atoms with E-state index in [1.54, 1.807) is 0 Å². The summed E-state index contributed by atoms with van der Waals surface area (Å²) >= 11 is 2.18. The highest BCUT2D eigenvalue weighted by Gasteiger charge is 2.12. The molecule has 1 nitrogen and oxygen atoms in total. The minimum absolute atomic E-state index is 0.886. The first kappa shape index (κ1) is 11.4. The van der Waals surface area contributed by atoms with E-state index in [-0.39, 0.29) is 0 Å². The third-order valence-electron chi connectivity index (χ3n) is 2.82. The van der Waals surface area contributed by atoms with E-state index in [4.69, 9.17) is 0 Å². The Balaban J connectivity index is 2.11. The molecule has 1 N–H and O–H groups in total. The van der Waals surface area contributed by atoms with Gasteiger partial charge in [0.1, 0.15) is 0 Å². The highest BCUT2D eigenvalue weighted by molar-refractivity contribution is 7.99. The molecule has 0 aromatic heterocycles. The van der Waals surface area contributed by atoms with Crippen LogP contribution in [0.4, 0.5) is 0 Å². The number of rotatable bonds is 4. The average Bonchev–Trinajstić information content (AvgIpc) is 2.42. The van der Waals surface area contributed by atoms with Crippen molar-refractivity contribution in [2.75, 3.05) is 18.8 Å². The van der Waals surface area contributed by atoms with E-state index in [0.717, 1.165) is 11.2 Å². The van der Waals surface area contributed by atoms with E-state index in [2.05, 4.69) is 30.9 Å². The first-order chi connectivity index (χ1) is 6.33. The van der Waals surface area contributed by atoms with Crippen LogP contribution in [-0.2, 0) is 0 Å². The van der Waals surface area contributed by atoms with Gasteiger partial charge < -0.3 is 5.32 Å². The van der Waals surface area contributed by atoms with Gasteiger partial charge in [-0.2, -0.15) is 11.8 Å². The maximum absolute atomic E-state index is 3.52. The second-order valence-electron chi connectivity index (χ2n) is 4.17. The monoisotopic (exact) mass is 201 g/mol. The molecule has 1 aliphatic heterocycles.